The average Bonchev–Trinajstić information content (AvgIpc) is 2.88. The molecule has 0 saturated carbocycles. The maximum Gasteiger partial charge on any atom is 0.326 e. The lowest BCUT2D eigenvalue weighted by Crippen LogP contribution is -2.58. The maximum absolute atomic E-state index is 13.5. The van der Waals surface area contributed by atoms with Gasteiger partial charge in [-0.3, -0.25) is 19.2 Å². The lowest BCUT2D eigenvalue weighted by molar-refractivity contribution is -0.143. The van der Waals surface area contributed by atoms with Crippen molar-refractivity contribution in [1.29, 1.82) is 0 Å². The molecular weight excluding hydrogens is 560 g/mol. The summed E-state index contributed by atoms with van der Waals surface area (Å²) in [5.41, 5.74) is 11.7. The Bertz CT molecular complexity index is 856. The summed E-state index contributed by atoms with van der Waals surface area (Å²) in [6, 6.07) is -4.74. The van der Waals surface area contributed by atoms with Crippen molar-refractivity contribution in [2.24, 2.45) is 29.2 Å². The van der Waals surface area contributed by atoms with E-state index in [2.05, 4.69) is 21.3 Å². The van der Waals surface area contributed by atoms with E-state index in [1.807, 2.05) is 47.8 Å². The van der Waals surface area contributed by atoms with Crippen LogP contribution in [0.2, 0.25) is 0 Å². The van der Waals surface area contributed by atoms with Gasteiger partial charge < -0.3 is 37.8 Å². The number of amides is 4. The van der Waals surface area contributed by atoms with Crippen molar-refractivity contribution < 1.29 is 29.1 Å². The second-order valence-electron chi connectivity index (χ2n) is 12.1. The summed E-state index contributed by atoms with van der Waals surface area (Å²) >= 11 is 1.52. The Morgan fingerprint density at radius 3 is 1.55 bits per heavy atom. The van der Waals surface area contributed by atoms with E-state index in [0.29, 0.717) is 38.0 Å². The van der Waals surface area contributed by atoms with Gasteiger partial charge in [-0.25, -0.2) is 4.79 Å². The van der Waals surface area contributed by atoms with E-state index in [9.17, 15) is 29.1 Å². The molecule has 9 N–H and O–H groups in total. The van der Waals surface area contributed by atoms with Gasteiger partial charge in [0.1, 0.15) is 24.2 Å². The predicted molar refractivity (Wildman–Crippen MR) is 168 cm³/mol. The van der Waals surface area contributed by atoms with Gasteiger partial charge in [-0.05, 0) is 81.3 Å². The van der Waals surface area contributed by atoms with Gasteiger partial charge in [-0.1, -0.05) is 41.5 Å². The molecule has 0 saturated heterocycles. The van der Waals surface area contributed by atoms with E-state index in [-0.39, 0.29) is 37.0 Å². The zero-order valence-corrected chi connectivity index (χ0v) is 27.4. The highest BCUT2D eigenvalue weighted by molar-refractivity contribution is 7.98. The summed E-state index contributed by atoms with van der Waals surface area (Å²) in [5.74, 6) is -2.42. The monoisotopic (exact) mass is 616 g/mol. The van der Waals surface area contributed by atoms with Gasteiger partial charge in [0, 0.05) is 0 Å². The normalized spacial score (nSPS) is 15.0. The smallest absolute Gasteiger partial charge is 0.326 e. The van der Waals surface area contributed by atoms with E-state index in [0.717, 1.165) is 0 Å². The largest absolute Gasteiger partial charge is 0.480 e. The molecule has 13 heteroatoms. The van der Waals surface area contributed by atoms with Crippen LogP contribution in [0.4, 0.5) is 0 Å². The zero-order chi connectivity index (χ0) is 32.4. The van der Waals surface area contributed by atoms with Gasteiger partial charge in [-0.2, -0.15) is 11.8 Å². The summed E-state index contributed by atoms with van der Waals surface area (Å²) in [6.45, 7) is 11.8. The van der Waals surface area contributed by atoms with Crippen molar-refractivity contribution in [3.05, 3.63) is 0 Å². The SMILES string of the molecule is CSCC[C@H](NC(=O)[C@@H](N)CC(C)C)C(=O)N[C@@H](CCCCN)C(=O)N[C@@H](CC(C)C)C(=O)N[C@@H](CC(C)C)C(=O)O. The number of unbranched alkanes of at least 4 members (excludes halogenated alkanes) is 1. The van der Waals surface area contributed by atoms with Gasteiger partial charge in [0.15, 0.2) is 0 Å². The lowest BCUT2D eigenvalue weighted by Gasteiger charge is -2.27. The molecule has 4 amide bonds. The van der Waals surface area contributed by atoms with Crippen LogP contribution in [0.1, 0.15) is 86.5 Å². The number of nitrogens with two attached hydrogens (primary N) is 2. The number of carboxylic acids is 1. The number of aliphatic carboxylic acids is 1. The van der Waals surface area contributed by atoms with Crippen molar-refractivity contribution in [3.8, 4) is 0 Å². The van der Waals surface area contributed by atoms with Crippen LogP contribution in [0.15, 0.2) is 0 Å². The molecular formula is C29H56N6O6S. The molecule has 0 rings (SSSR count). The molecule has 0 radical (unpaired) electrons. The van der Waals surface area contributed by atoms with Crippen LogP contribution in [-0.2, 0) is 24.0 Å². The van der Waals surface area contributed by atoms with Crippen molar-refractivity contribution in [2.75, 3.05) is 18.6 Å². The lowest BCUT2D eigenvalue weighted by atomic mass is 9.99. The molecule has 5 atom stereocenters. The summed E-state index contributed by atoms with van der Waals surface area (Å²) in [4.78, 5) is 64.4. The molecule has 0 unspecified atom stereocenters. The van der Waals surface area contributed by atoms with Crippen LogP contribution in [0.25, 0.3) is 0 Å². The van der Waals surface area contributed by atoms with E-state index >= 15 is 0 Å². The summed E-state index contributed by atoms with van der Waals surface area (Å²) in [5, 5.41) is 20.4. The molecule has 0 aliphatic rings. The molecule has 12 nitrogen and oxygen atoms in total. The van der Waals surface area contributed by atoms with Crippen molar-refractivity contribution >= 4 is 41.4 Å². The van der Waals surface area contributed by atoms with E-state index in [4.69, 9.17) is 11.5 Å². The molecule has 0 bridgehead atoms. The second-order valence-corrected chi connectivity index (χ2v) is 13.1. The fraction of sp³-hybridized carbons (Fsp3) is 0.828. The Morgan fingerprint density at radius 2 is 1.07 bits per heavy atom. The fourth-order valence-corrected chi connectivity index (χ4v) is 4.84. The predicted octanol–water partition coefficient (Wildman–Crippen LogP) is 1.36. The van der Waals surface area contributed by atoms with Gasteiger partial charge in [0.25, 0.3) is 0 Å². The first-order valence-electron chi connectivity index (χ1n) is 15.0. The third-order valence-corrected chi connectivity index (χ3v) is 7.19. The Kier molecular flexibility index (Phi) is 20.1. The molecule has 0 spiro atoms. The fourth-order valence-electron chi connectivity index (χ4n) is 4.37. The van der Waals surface area contributed by atoms with E-state index in [1.54, 1.807) is 0 Å². The van der Waals surface area contributed by atoms with Crippen molar-refractivity contribution in [1.82, 2.24) is 21.3 Å². The third kappa shape index (κ3) is 16.9. The first-order chi connectivity index (χ1) is 19.6. The molecule has 0 aromatic heterocycles. The third-order valence-electron chi connectivity index (χ3n) is 6.55. The number of carboxylic acid groups (broad SMARTS) is 1. The minimum Gasteiger partial charge on any atom is -0.480 e. The quantitative estimate of drug-likeness (QED) is 0.0876. The van der Waals surface area contributed by atoms with Crippen LogP contribution in [0.5, 0.6) is 0 Å². The molecule has 0 aromatic carbocycles. The highest BCUT2D eigenvalue weighted by Gasteiger charge is 2.32. The number of carbonyl (C=O) groups excluding carboxylic acids is 4. The molecule has 244 valence electrons. The molecule has 0 aromatic rings. The highest BCUT2D eigenvalue weighted by atomic mass is 32.2. The van der Waals surface area contributed by atoms with Gasteiger partial charge >= 0.3 is 5.97 Å². The topological polar surface area (TPSA) is 206 Å². The zero-order valence-electron chi connectivity index (χ0n) is 26.5. The molecule has 0 fully saturated rings. The summed E-state index contributed by atoms with van der Waals surface area (Å²) in [7, 11) is 0. The first kappa shape index (κ1) is 39.6. The van der Waals surface area contributed by atoms with Crippen LogP contribution in [0.3, 0.4) is 0 Å². The van der Waals surface area contributed by atoms with Crippen LogP contribution in [-0.4, -0.2) is 83.5 Å². The van der Waals surface area contributed by atoms with Crippen LogP contribution < -0.4 is 32.7 Å². The number of thioether (sulfide) groups is 1. The standard InChI is InChI=1S/C29H56N6O6S/c1-17(2)14-20(31)25(36)32-22(11-13-42-7)27(38)33-21(10-8-9-12-30)26(37)34-23(15-18(3)4)28(39)35-24(29(40)41)16-19(5)6/h17-24H,8-16,30-31H2,1-7H3,(H,32,36)(H,33,38)(H,34,37)(H,35,39)(H,40,41)/t20-,21-,22-,23-,24-/m0/s1. The van der Waals surface area contributed by atoms with Crippen molar-refractivity contribution in [3.63, 3.8) is 0 Å². The second kappa shape index (κ2) is 21.3. The Labute approximate surface area is 256 Å². The number of carbonyl (C=O) groups is 5. The minimum atomic E-state index is -1.15. The maximum atomic E-state index is 13.5. The van der Waals surface area contributed by atoms with Crippen LogP contribution in [0, 0.1) is 17.8 Å². The molecule has 0 aliphatic heterocycles. The minimum absolute atomic E-state index is 0.0147. The summed E-state index contributed by atoms with van der Waals surface area (Å²) < 4.78 is 0. The first-order valence-corrected chi connectivity index (χ1v) is 16.4. The molecule has 42 heavy (non-hydrogen) atoms. The number of hydrogen-bond donors (Lipinski definition) is 7. The van der Waals surface area contributed by atoms with Crippen LogP contribution >= 0.6 is 11.8 Å². The van der Waals surface area contributed by atoms with Gasteiger partial charge in [-0.15, -0.1) is 0 Å². The Morgan fingerprint density at radius 1 is 0.643 bits per heavy atom. The number of nitrogens with one attached hydrogen (secondary N) is 4. The van der Waals surface area contributed by atoms with E-state index < -0.39 is 59.8 Å². The number of hydrogen-bond acceptors (Lipinski definition) is 8. The van der Waals surface area contributed by atoms with Crippen molar-refractivity contribution in [2.45, 2.75) is 117 Å². The average molecular weight is 617 g/mol. The Balaban J connectivity index is 5.86. The summed E-state index contributed by atoms with van der Waals surface area (Å²) in [6.07, 6.45) is 4.65. The van der Waals surface area contributed by atoms with E-state index in [1.165, 1.54) is 11.8 Å². The number of rotatable bonds is 22. The van der Waals surface area contributed by atoms with Gasteiger partial charge in [0.2, 0.25) is 23.6 Å². The van der Waals surface area contributed by atoms with Gasteiger partial charge in [0.05, 0.1) is 6.04 Å². The highest BCUT2D eigenvalue weighted by Crippen LogP contribution is 2.11. The molecule has 0 heterocycles. The molecule has 0 aliphatic carbocycles. The Hall–Kier alpha value is -2.38.